The first-order chi connectivity index (χ1) is 15.6. The average Bonchev–Trinajstić information content (AvgIpc) is 3.17. The van der Waals surface area contributed by atoms with Crippen molar-refractivity contribution in [1.82, 2.24) is 0 Å². The van der Waals surface area contributed by atoms with Crippen LogP contribution in [0.2, 0.25) is 0 Å². The van der Waals surface area contributed by atoms with Gasteiger partial charge in [-0.1, -0.05) is 54.1 Å². The summed E-state index contributed by atoms with van der Waals surface area (Å²) in [4.78, 5) is 27.6. The second-order valence-electron chi connectivity index (χ2n) is 8.22. The van der Waals surface area contributed by atoms with Crippen LogP contribution < -0.4 is 10.6 Å². The highest BCUT2D eigenvalue weighted by molar-refractivity contribution is 7.17. The molecule has 0 saturated heterocycles. The first kappa shape index (κ1) is 20.5. The Morgan fingerprint density at radius 1 is 0.812 bits per heavy atom. The molecule has 0 aliphatic heterocycles. The predicted octanol–water partition coefficient (Wildman–Crippen LogP) is 6.59. The molecule has 160 valence electrons. The number of carbonyl (C=O) groups is 2. The molecule has 1 aromatic heterocycles. The average molecular weight is 441 g/mol. The molecule has 0 fully saturated rings. The van der Waals surface area contributed by atoms with Gasteiger partial charge in [0.1, 0.15) is 5.00 Å². The summed E-state index contributed by atoms with van der Waals surface area (Å²) in [5.74, 6) is -0.359. The van der Waals surface area contributed by atoms with Gasteiger partial charge in [-0.3, -0.25) is 9.59 Å². The number of aryl methyl sites for hydroxylation is 2. The van der Waals surface area contributed by atoms with Crippen LogP contribution in [0.4, 0.5) is 10.7 Å². The highest BCUT2D eigenvalue weighted by Gasteiger charge is 2.27. The number of carbonyl (C=O) groups excluding carboxylic acids is 2. The van der Waals surface area contributed by atoms with Crippen LogP contribution in [-0.2, 0) is 12.8 Å². The van der Waals surface area contributed by atoms with Crippen LogP contribution in [0.15, 0.2) is 66.7 Å². The highest BCUT2D eigenvalue weighted by atomic mass is 32.1. The summed E-state index contributed by atoms with van der Waals surface area (Å²) in [6.45, 7) is 1.99. The molecule has 0 bridgehead atoms. The van der Waals surface area contributed by atoms with Crippen LogP contribution in [-0.4, -0.2) is 11.8 Å². The molecule has 0 radical (unpaired) electrons. The van der Waals surface area contributed by atoms with E-state index in [1.165, 1.54) is 16.2 Å². The Labute approximate surface area is 191 Å². The summed E-state index contributed by atoms with van der Waals surface area (Å²) in [6.07, 6.45) is 3.99. The Hall–Kier alpha value is -3.44. The minimum absolute atomic E-state index is 0.167. The molecule has 0 saturated carbocycles. The lowest BCUT2D eigenvalue weighted by Crippen LogP contribution is -2.18. The molecule has 2 amide bonds. The summed E-state index contributed by atoms with van der Waals surface area (Å²) >= 11 is 1.54. The number of fused-ring (bicyclic) bond motifs is 2. The summed E-state index contributed by atoms with van der Waals surface area (Å²) in [6, 6.07) is 21.4. The third-order valence-corrected chi connectivity index (χ3v) is 7.18. The molecule has 32 heavy (non-hydrogen) atoms. The molecule has 0 unspecified atom stereocenters. The first-order valence-electron chi connectivity index (χ1n) is 10.9. The number of rotatable bonds is 4. The van der Waals surface area contributed by atoms with Gasteiger partial charge >= 0.3 is 0 Å². The third kappa shape index (κ3) is 3.92. The molecule has 4 nitrogen and oxygen atoms in total. The predicted molar refractivity (Wildman–Crippen MR) is 132 cm³/mol. The van der Waals surface area contributed by atoms with Gasteiger partial charge in [-0.15, -0.1) is 11.3 Å². The number of benzene rings is 3. The van der Waals surface area contributed by atoms with E-state index in [-0.39, 0.29) is 11.8 Å². The van der Waals surface area contributed by atoms with Gasteiger partial charge in [0.15, 0.2) is 0 Å². The fraction of sp³-hybridized carbons (Fsp3) is 0.185. The summed E-state index contributed by atoms with van der Waals surface area (Å²) in [7, 11) is 0. The van der Waals surface area contributed by atoms with Crippen molar-refractivity contribution < 1.29 is 9.59 Å². The maximum Gasteiger partial charge on any atom is 0.258 e. The van der Waals surface area contributed by atoms with E-state index in [0.717, 1.165) is 53.3 Å². The van der Waals surface area contributed by atoms with Crippen LogP contribution in [0.25, 0.3) is 10.8 Å². The maximum absolute atomic E-state index is 13.5. The van der Waals surface area contributed by atoms with Crippen molar-refractivity contribution in [2.24, 2.45) is 0 Å². The van der Waals surface area contributed by atoms with Crippen molar-refractivity contribution in [3.63, 3.8) is 0 Å². The van der Waals surface area contributed by atoms with Gasteiger partial charge in [0.05, 0.1) is 5.56 Å². The number of hydrogen-bond donors (Lipinski definition) is 2. The Balaban J connectivity index is 1.49. The molecule has 3 aromatic carbocycles. The van der Waals surface area contributed by atoms with E-state index in [0.29, 0.717) is 16.1 Å². The van der Waals surface area contributed by atoms with Gasteiger partial charge < -0.3 is 10.6 Å². The topological polar surface area (TPSA) is 58.2 Å². The van der Waals surface area contributed by atoms with Gasteiger partial charge in [0, 0.05) is 21.5 Å². The quantitative estimate of drug-likeness (QED) is 0.376. The molecule has 2 N–H and O–H groups in total. The zero-order chi connectivity index (χ0) is 22.1. The standard InChI is InChI=1S/C27H24N2O2S/c1-17-13-15-19(16-14-17)25(30)29-27-24(21-10-4-5-12-23(21)32-27)26(31)28-22-11-6-8-18-7-2-3-9-20(18)22/h2-3,6-9,11,13-16H,4-5,10,12H2,1H3,(H,28,31)(H,29,30). The lowest BCUT2D eigenvalue weighted by Gasteiger charge is -2.14. The lowest BCUT2D eigenvalue weighted by atomic mass is 9.95. The van der Waals surface area contributed by atoms with Gasteiger partial charge in [-0.25, -0.2) is 0 Å². The molecular weight excluding hydrogens is 416 g/mol. The third-order valence-electron chi connectivity index (χ3n) is 5.98. The number of nitrogens with one attached hydrogen (secondary N) is 2. The van der Waals surface area contributed by atoms with Crippen molar-refractivity contribution in [3.05, 3.63) is 93.9 Å². The van der Waals surface area contributed by atoms with E-state index in [1.807, 2.05) is 73.7 Å². The fourth-order valence-corrected chi connectivity index (χ4v) is 5.58. The van der Waals surface area contributed by atoms with Gasteiger partial charge in [0.25, 0.3) is 11.8 Å². The van der Waals surface area contributed by atoms with E-state index in [4.69, 9.17) is 0 Å². The Morgan fingerprint density at radius 2 is 1.56 bits per heavy atom. The molecule has 5 rings (SSSR count). The number of thiophene rings is 1. The molecule has 1 aliphatic carbocycles. The monoisotopic (exact) mass is 440 g/mol. The fourth-order valence-electron chi connectivity index (χ4n) is 4.29. The number of hydrogen-bond acceptors (Lipinski definition) is 3. The van der Waals surface area contributed by atoms with E-state index in [2.05, 4.69) is 10.6 Å². The molecule has 1 heterocycles. The van der Waals surface area contributed by atoms with Gasteiger partial charge in [0.2, 0.25) is 0 Å². The smallest absolute Gasteiger partial charge is 0.258 e. The second-order valence-corrected chi connectivity index (χ2v) is 9.32. The van der Waals surface area contributed by atoms with Crippen LogP contribution >= 0.6 is 11.3 Å². The Bertz CT molecular complexity index is 1320. The van der Waals surface area contributed by atoms with Crippen LogP contribution in [0, 0.1) is 6.92 Å². The van der Waals surface area contributed by atoms with Gasteiger partial charge in [-0.05, 0) is 61.8 Å². The minimum atomic E-state index is -0.192. The van der Waals surface area contributed by atoms with Crippen LogP contribution in [0.5, 0.6) is 0 Å². The summed E-state index contributed by atoms with van der Waals surface area (Å²) < 4.78 is 0. The van der Waals surface area contributed by atoms with Crippen LogP contribution in [0.3, 0.4) is 0 Å². The van der Waals surface area contributed by atoms with E-state index < -0.39 is 0 Å². The van der Waals surface area contributed by atoms with E-state index in [1.54, 1.807) is 0 Å². The first-order valence-corrected chi connectivity index (χ1v) is 11.7. The van der Waals surface area contributed by atoms with E-state index >= 15 is 0 Å². The summed E-state index contributed by atoms with van der Waals surface area (Å²) in [5.41, 5.74) is 4.15. The molecule has 0 spiro atoms. The van der Waals surface area contributed by atoms with Crippen molar-refractivity contribution in [1.29, 1.82) is 0 Å². The zero-order valence-electron chi connectivity index (χ0n) is 17.9. The van der Waals surface area contributed by atoms with Crippen molar-refractivity contribution >= 4 is 44.6 Å². The normalized spacial score (nSPS) is 12.9. The second kappa shape index (κ2) is 8.60. The zero-order valence-corrected chi connectivity index (χ0v) is 18.7. The van der Waals surface area contributed by atoms with Gasteiger partial charge in [-0.2, -0.15) is 0 Å². The molecule has 1 aliphatic rings. The largest absolute Gasteiger partial charge is 0.321 e. The SMILES string of the molecule is Cc1ccc(C(=O)Nc2sc3c(c2C(=O)Nc2cccc4ccccc24)CCCC3)cc1. The molecule has 4 aromatic rings. The highest BCUT2D eigenvalue weighted by Crippen LogP contribution is 2.39. The Morgan fingerprint density at radius 3 is 2.41 bits per heavy atom. The van der Waals surface area contributed by atoms with Crippen molar-refractivity contribution in [2.45, 2.75) is 32.6 Å². The molecule has 5 heteroatoms. The van der Waals surface area contributed by atoms with Crippen molar-refractivity contribution in [2.75, 3.05) is 10.6 Å². The van der Waals surface area contributed by atoms with Crippen LogP contribution in [0.1, 0.15) is 49.6 Å². The lowest BCUT2D eigenvalue weighted by molar-refractivity contribution is 0.102. The molecule has 0 atom stereocenters. The van der Waals surface area contributed by atoms with Crippen molar-refractivity contribution in [3.8, 4) is 0 Å². The minimum Gasteiger partial charge on any atom is -0.321 e. The Kier molecular flexibility index (Phi) is 5.50. The van der Waals surface area contributed by atoms with E-state index in [9.17, 15) is 9.59 Å². The number of anilines is 2. The maximum atomic E-state index is 13.5. The molecular formula is C27H24N2O2S. The number of amides is 2. The summed E-state index contributed by atoms with van der Waals surface area (Å²) in [5, 5.41) is 8.85.